The molecule has 1 aliphatic heterocycles. The van der Waals surface area contributed by atoms with Crippen molar-refractivity contribution in [3.05, 3.63) is 59.2 Å². The van der Waals surface area contributed by atoms with Crippen molar-refractivity contribution in [2.24, 2.45) is 0 Å². The average Bonchev–Trinajstić information content (AvgIpc) is 2.75. The van der Waals surface area contributed by atoms with Crippen LogP contribution in [0, 0.1) is 20.8 Å². The number of rotatable bonds is 7. The second-order valence-electron chi connectivity index (χ2n) is 8.00. The molecule has 3 rings (SSSR count). The third-order valence-electron chi connectivity index (χ3n) is 5.64. The molecule has 0 spiro atoms. The van der Waals surface area contributed by atoms with Crippen molar-refractivity contribution in [2.45, 2.75) is 37.0 Å². The number of nitrogens with one attached hydrogen (secondary N) is 1. The Morgan fingerprint density at radius 1 is 0.875 bits per heavy atom. The number of sulfonamides is 2. The highest BCUT2D eigenvalue weighted by molar-refractivity contribution is 7.89. The van der Waals surface area contributed by atoms with Gasteiger partial charge in [-0.05, 0) is 61.7 Å². The zero-order chi connectivity index (χ0) is 23.5. The number of aryl methyl sites for hydroxylation is 3. The van der Waals surface area contributed by atoms with Gasteiger partial charge in [0.15, 0.2) is 0 Å². The van der Waals surface area contributed by atoms with Crippen LogP contribution in [-0.2, 0) is 24.8 Å². The molecule has 174 valence electrons. The van der Waals surface area contributed by atoms with E-state index < -0.39 is 20.0 Å². The Morgan fingerprint density at radius 2 is 1.56 bits per heavy atom. The number of carbonyl (C=O) groups excluding carboxylic acids is 1. The van der Waals surface area contributed by atoms with Crippen molar-refractivity contribution in [3.8, 4) is 0 Å². The summed E-state index contributed by atoms with van der Waals surface area (Å²) in [5.74, 6) is -0.208. The minimum atomic E-state index is -3.70. The van der Waals surface area contributed by atoms with E-state index in [4.69, 9.17) is 0 Å². The van der Waals surface area contributed by atoms with Crippen LogP contribution in [-0.4, -0.2) is 64.7 Å². The summed E-state index contributed by atoms with van der Waals surface area (Å²) in [5.41, 5.74) is 2.74. The number of carbonyl (C=O) groups is 1. The van der Waals surface area contributed by atoms with Crippen molar-refractivity contribution >= 4 is 26.0 Å². The van der Waals surface area contributed by atoms with E-state index in [0.29, 0.717) is 0 Å². The maximum Gasteiger partial charge on any atom is 0.243 e. The lowest BCUT2D eigenvalue weighted by Crippen LogP contribution is -2.50. The maximum absolute atomic E-state index is 12.8. The normalized spacial score (nSPS) is 15.7. The van der Waals surface area contributed by atoms with Crippen LogP contribution in [0.5, 0.6) is 0 Å². The number of amides is 1. The van der Waals surface area contributed by atoms with Gasteiger partial charge in [-0.25, -0.2) is 21.6 Å². The van der Waals surface area contributed by atoms with Crippen molar-refractivity contribution in [2.75, 3.05) is 32.7 Å². The summed E-state index contributed by atoms with van der Waals surface area (Å²) in [4.78, 5) is 14.5. The molecule has 32 heavy (non-hydrogen) atoms. The van der Waals surface area contributed by atoms with Gasteiger partial charge < -0.3 is 4.90 Å². The van der Waals surface area contributed by atoms with E-state index in [9.17, 15) is 21.6 Å². The molecule has 1 amide bonds. The first kappa shape index (κ1) is 24.4. The van der Waals surface area contributed by atoms with Gasteiger partial charge in [-0.15, -0.1) is 0 Å². The van der Waals surface area contributed by atoms with Gasteiger partial charge in [-0.2, -0.15) is 4.31 Å². The Morgan fingerprint density at radius 3 is 2.19 bits per heavy atom. The van der Waals surface area contributed by atoms with Crippen molar-refractivity contribution in [1.82, 2.24) is 13.9 Å². The molecule has 2 aromatic rings. The minimum Gasteiger partial charge on any atom is -0.340 e. The van der Waals surface area contributed by atoms with E-state index in [-0.39, 0.29) is 54.8 Å². The predicted molar refractivity (Wildman–Crippen MR) is 122 cm³/mol. The minimum absolute atomic E-state index is 0.00863. The van der Waals surface area contributed by atoms with E-state index in [2.05, 4.69) is 4.72 Å². The quantitative estimate of drug-likeness (QED) is 0.652. The SMILES string of the molecule is Cc1cccc(S(=O)(=O)N2CCN(C(=O)CCNS(=O)(=O)c3ccc(C)c(C)c3)CC2)c1. The van der Waals surface area contributed by atoms with Crippen molar-refractivity contribution < 1.29 is 21.6 Å². The zero-order valence-electron chi connectivity index (χ0n) is 18.5. The van der Waals surface area contributed by atoms with Crippen LogP contribution in [0.4, 0.5) is 0 Å². The predicted octanol–water partition coefficient (Wildman–Crippen LogP) is 1.81. The molecule has 1 fully saturated rings. The highest BCUT2D eigenvalue weighted by Gasteiger charge is 2.30. The number of hydrogen-bond acceptors (Lipinski definition) is 5. The Balaban J connectivity index is 1.52. The molecular weight excluding hydrogens is 450 g/mol. The number of nitrogens with zero attached hydrogens (tertiary/aromatic N) is 2. The maximum atomic E-state index is 12.8. The molecular formula is C22H29N3O5S2. The lowest BCUT2D eigenvalue weighted by Gasteiger charge is -2.34. The van der Waals surface area contributed by atoms with E-state index in [1.165, 1.54) is 4.31 Å². The van der Waals surface area contributed by atoms with Gasteiger partial charge in [-0.1, -0.05) is 18.2 Å². The van der Waals surface area contributed by atoms with Crippen LogP contribution < -0.4 is 4.72 Å². The Labute approximate surface area is 190 Å². The third-order valence-corrected chi connectivity index (χ3v) is 8.99. The first-order chi connectivity index (χ1) is 15.0. The van der Waals surface area contributed by atoms with Gasteiger partial charge in [-0.3, -0.25) is 4.79 Å². The Hall–Kier alpha value is -2.27. The summed E-state index contributed by atoms with van der Waals surface area (Å²) in [6.45, 7) is 6.52. The number of hydrogen-bond donors (Lipinski definition) is 1. The highest BCUT2D eigenvalue weighted by Crippen LogP contribution is 2.19. The van der Waals surface area contributed by atoms with Gasteiger partial charge >= 0.3 is 0 Å². The number of benzene rings is 2. The summed E-state index contributed by atoms with van der Waals surface area (Å²) in [6.07, 6.45) is 0.00863. The molecule has 1 N–H and O–H groups in total. The summed E-state index contributed by atoms with van der Waals surface area (Å²) in [7, 11) is -7.30. The van der Waals surface area contributed by atoms with Gasteiger partial charge in [0.05, 0.1) is 9.79 Å². The second kappa shape index (κ2) is 9.70. The third kappa shape index (κ3) is 5.55. The molecule has 1 aliphatic rings. The molecule has 8 nitrogen and oxygen atoms in total. The summed E-state index contributed by atoms with van der Waals surface area (Å²) in [5, 5.41) is 0. The molecule has 10 heteroatoms. The molecule has 0 aromatic heterocycles. The number of piperazine rings is 1. The smallest absolute Gasteiger partial charge is 0.243 e. The van der Waals surface area contributed by atoms with Gasteiger partial charge in [0, 0.05) is 39.1 Å². The van der Waals surface area contributed by atoms with Crippen LogP contribution in [0.25, 0.3) is 0 Å². The fraction of sp³-hybridized carbons (Fsp3) is 0.409. The summed E-state index contributed by atoms with van der Waals surface area (Å²) < 4.78 is 54.4. The Bertz CT molecular complexity index is 1200. The van der Waals surface area contributed by atoms with Crippen LogP contribution >= 0.6 is 0 Å². The van der Waals surface area contributed by atoms with Crippen molar-refractivity contribution in [1.29, 1.82) is 0 Å². The fourth-order valence-corrected chi connectivity index (χ4v) is 6.16. The van der Waals surface area contributed by atoms with E-state index in [1.54, 1.807) is 41.3 Å². The average molecular weight is 480 g/mol. The first-order valence-corrected chi connectivity index (χ1v) is 13.3. The first-order valence-electron chi connectivity index (χ1n) is 10.4. The van der Waals surface area contributed by atoms with E-state index in [1.807, 2.05) is 26.8 Å². The molecule has 0 atom stereocenters. The van der Waals surface area contributed by atoms with Crippen LogP contribution in [0.3, 0.4) is 0 Å². The topological polar surface area (TPSA) is 104 Å². The van der Waals surface area contributed by atoms with E-state index in [0.717, 1.165) is 16.7 Å². The van der Waals surface area contributed by atoms with Crippen molar-refractivity contribution in [3.63, 3.8) is 0 Å². The van der Waals surface area contributed by atoms with E-state index >= 15 is 0 Å². The van der Waals surface area contributed by atoms with Gasteiger partial charge in [0.25, 0.3) is 0 Å². The van der Waals surface area contributed by atoms with Crippen LogP contribution in [0.15, 0.2) is 52.3 Å². The second-order valence-corrected chi connectivity index (χ2v) is 11.7. The standard InChI is InChI=1S/C22H29N3O5S2/c1-17-5-4-6-21(15-17)32(29,30)25-13-11-24(12-14-25)22(26)9-10-23-31(27,28)20-8-7-18(2)19(3)16-20/h4-8,15-16,23H,9-14H2,1-3H3. The van der Waals surface area contributed by atoms with Crippen LogP contribution in [0.1, 0.15) is 23.1 Å². The molecule has 0 unspecified atom stereocenters. The summed E-state index contributed by atoms with van der Waals surface area (Å²) >= 11 is 0. The van der Waals surface area contributed by atoms with Gasteiger partial charge in [0.2, 0.25) is 26.0 Å². The molecule has 0 saturated carbocycles. The highest BCUT2D eigenvalue weighted by atomic mass is 32.2. The monoisotopic (exact) mass is 479 g/mol. The molecule has 0 aliphatic carbocycles. The largest absolute Gasteiger partial charge is 0.340 e. The van der Waals surface area contributed by atoms with Crippen LogP contribution in [0.2, 0.25) is 0 Å². The zero-order valence-corrected chi connectivity index (χ0v) is 20.2. The molecule has 2 aromatic carbocycles. The Kier molecular flexibility index (Phi) is 7.39. The fourth-order valence-electron chi connectivity index (χ4n) is 3.52. The molecule has 0 radical (unpaired) electrons. The van der Waals surface area contributed by atoms with Gasteiger partial charge in [0.1, 0.15) is 0 Å². The molecule has 0 bridgehead atoms. The molecule has 1 saturated heterocycles. The molecule has 1 heterocycles. The lowest BCUT2D eigenvalue weighted by atomic mass is 10.1. The summed E-state index contributed by atoms with van der Waals surface area (Å²) in [6, 6.07) is 11.6. The lowest BCUT2D eigenvalue weighted by molar-refractivity contribution is -0.132.